The zero-order chi connectivity index (χ0) is 20.1. The van der Waals surface area contributed by atoms with Gasteiger partial charge in [0.25, 0.3) is 5.91 Å². The van der Waals surface area contributed by atoms with Crippen molar-refractivity contribution in [1.29, 1.82) is 0 Å². The van der Waals surface area contributed by atoms with E-state index in [0.29, 0.717) is 16.9 Å². The summed E-state index contributed by atoms with van der Waals surface area (Å²) in [6.45, 7) is -0.347. The lowest BCUT2D eigenvalue weighted by atomic mass is 10.1. The molecule has 1 aromatic carbocycles. The molecule has 0 fully saturated rings. The van der Waals surface area contributed by atoms with Crippen molar-refractivity contribution in [2.24, 2.45) is 7.05 Å². The standard InChI is InChI=1S/C17H17N5O3/c1-9-13(7-18-22(9)3)17(23)20-14-8-24-15-6-11(4-5-12(14)15)16-19-10(2)25-21-16/h4-7,14H,8H2,1-3H3,(H,20,23)/t14-/m1/s1/i2D3. The molecule has 0 radical (unpaired) electrons. The number of fused-ring (bicyclic) bond motifs is 1. The van der Waals surface area contributed by atoms with Crippen LogP contribution >= 0.6 is 0 Å². The fourth-order valence-electron chi connectivity index (χ4n) is 2.77. The van der Waals surface area contributed by atoms with Crippen LogP contribution in [0, 0.1) is 13.8 Å². The van der Waals surface area contributed by atoms with E-state index in [-0.39, 0.29) is 24.4 Å². The van der Waals surface area contributed by atoms with Crippen molar-refractivity contribution in [3.05, 3.63) is 47.1 Å². The molecule has 1 amide bonds. The van der Waals surface area contributed by atoms with Crippen molar-refractivity contribution in [2.45, 2.75) is 19.8 Å². The Morgan fingerprint density at radius 3 is 3.08 bits per heavy atom. The van der Waals surface area contributed by atoms with Crippen molar-refractivity contribution in [3.8, 4) is 17.1 Å². The van der Waals surface area contributed by atoms with Crippen LogP contribution in [0.5, 0.6) is 5.75 Å². The maximum Gasteiger partial charge on any atom is 0.255 e. The Balaban J connectivity index is 1.54. The summed E-state index contributed by atoms with van der Waals surface area (Å²) in [5.74, 6) is 0.0967. The fourth-order valence-corrected chi connectivity index (χ4v) is 2.77. The first-order chi connectivity index (χ1) is 13.2. The number of amides is 1. The number of ether oxygens (including phenoxy) is 1. The van der Waals surface area contributed by atoms with E-state index in [9.17, 15) is 4.79 Å². The van der Waals surface area contributed by atoms with Crippen LogP contribution in [0.4, 0.5) is 0 Å². The van der Waals surface area contributed by atoms with E-state index in [1.54, 1.807) is 29.9 Å². The van der Waals surface area contributed by atoms with Crippen molar-refractivity contribution >= 4 is 5.91 Å². The molecule has 1 aliphatic rings. The number of hydrogen-bond acceptors (Lipinski definition) is 6. The lowest BCUT2D eigenvalue weighted by Crippen LogP contribution is -2.29. The van der Waals surface area contributed by atoms with E-state index in [0.717, 1.165) is 11.3 Å². The first-order valence-corrected chi connectivity index (χ1v) is 7.65. The monoisotopic (exact) mass is 342 g/mol. The van der Waals surface area contributed by atoms with Gasteiger partial charge in [0, 0.05) is 34.8 Å². The molecule has 0 spiro atoms. The lowest BCUT2D eigenvalue weighted by molar-refractivity contribution is 0.0929. The largest absolute Gasteiger partial charge is 0.491 e. The second-order valence-corrected chi connectivity index (χ2v) is 5.78. The highest BCUT2D eigenvalue weighted by molar-refractivity contribution is 5.95. The molecule has 8 nitrogen and oxygen atoms in total. The third-order valence-electron chi connectivity index (χ3n) is 4.26. The molecule has 1 aliphatic heterocycles. The van der Waals surface area contributed by atoms with Crippen LogP contribution < -0.4 is 10.1 Å². The average molecular weight is 342 g/mol. The smallest absolute Gasteiger partial charge is 0.255 e. The minimum Gasteiger partial charge on any atom is -0.491 e. The number of carbonyl (C=O) groups is 1. The molecule has 2 aromatic heterocycles. The molecule has 3 heterocycles. The quantitative estimate of drug-likeness (QED) is 0.782. The van der Waals surface area contributed by atoms with Gasteiger partial charge in [-0.3, -0.25) is 9.48 Å². The molecule has 0 saturated heterocycles. The van der Waals surface area contributed by atoms with E-state index < -0.39 is 12.7 Å². The number of benzene rings is 1. The van der Waals surface area contributed by atoms with Gasteiger partial charge >= 0.3 is 0 Å². The second kappa shape index (κ2) is 5.73. The van der Waals surface area contributed by atoms with Gasteiger partial charge in [-0.25, -0.2) is 0 Å². The molecular formula is C17H17N5O3. The van der Waals surface area contributed by atoms with Gasteiger partial charge < -0.3 is 14.6 Å². The van der Waals surface area contributed by atoms with E-state index in [4.69, 9.17) is 13.4 Å². The zero-order valence-electron chi connectivity index (χ0n) is 16.6. The molecule has 1 N–H and O–H groups in total. The van der Waals surface area contributed by atoms with Crippen molar-refractivity contribution < 1.29 is 18.2 Å². The summed E-state index contributed by atoms with van der Waals surface area (Å²) in [7, 11) is 1.77. The molecular weight excluding hydrogens is 322 g/mol. The maximum atomic E-state index is 12.5. The summed E-state index contributed by atoms with van der Waals surface area (Å²) >= 11 is 0. The molecule has 0 unspecified atom stereocenters. The summed E-state index contributed by atoms with van der Waals surface area (Å²) in [6, 6.07) is 4.92. The van der Waals surface area contributed by atoms with Crippen LogP contribution in [0.1, 0.15) is 37.7 Å². The van der Waals surface area contributed by atoms with Crippen molar-refractivity contribution in [3.63, 3.8) is 0 Å². The number of hydrogen-bond donors (Lipinski definition) is 1. The Morgan fingerprint density at radius 1 is 1.48 bits per heavy atom. The van der Waals surface area contributed by atoms with Crippen molar-refractivity contribution in [1.82, 2.24) is 25.2 Å². The first kappa shape index (κ1) is 12.2. The third kappa shape index (κ3) is 2.65. The van der Waals surface area contributed by atoms with Crippen LogP contribution in [-0.2, 0) is 7.05 Å². The predicted octanol–water partition coefficient (Wildman–Crippen LogP) is 1.95. The van der Waals surface area contributed by atoms with Gasteiger partial charge in [0.2, 0.25) is 11.7 Å². The number of carbonyl (C=O) groups excluding carboxylic acids is 1. The Labute approximate surface area is 148 Å². The molecule has 4 rings (SSSR count). The van der Waals surface area contributed by atoms with Gasteiger partial charge in [-0.15, -0.1) is 0 Å². The molecule has 25 heavy (non-hydrogen) atoms. The number of aryl methyl sites for hydroxylation is 2. The van der Waals surface area contributed by atoms with E-state index in [1.165, 1.54) is 6.20 Å². The van der Waals surface area contributed by atoms with E-state index >= 15 is 0 Å². The first-order valence-electron chi connectivity index (χ1n) is 9.15. The predicted molar refractivity (Wildman–Crippen MR) is 88.1 cm³/mol. The fraction of sp³-hybridized carbons (Fsp3) is 0.294. The Kier molecular flexibility index (Phi) is 2.80. The summed E-state index contributed by atoms with van der Waals surface area (Å²) in [5, 5.41) is 10.7. The van der Waals surface area contributed by atoms with Gasteiger partial charge in [0.1, 0.15) is 12.4 Å². The molecule has 0 bridgehead atoms. The maximum absolute atomic E-state index is 12.5. The molecule has 0 saturated carbocycles. The van der Waals surface area contributed by atoms with Crippen LogP contribution in [0.15, 0.2) is 28.9 Å². The molecule has 1 atom stereocenters. The average Bonchev–Trinajstić information content (AvgIpc) is 3.35. The number of nitrogens with one attached hydrogen (secondary N) is 1. The summed E-state index contributed by atoms with van der Waals surface area (Å²) in [4.78, 5) is 16.4. The Bertz CT molecular complexity index is 1060. The lowest BCUT2D eigenvalue weighted by Gasteiger charge is -2.11. The normalized spacial score (nSPS) is 18.0. The van der Waals surface area contributed by atoms with Gasteiger partial charge in [-0.1, -0.05) is 17.3 Å². The van der Waals surface area contributed by atoms with Gasteiger partial charge in [-0.05, 0) is 13.0 Å². The summed E-state index contributed by atoms with van der Waals surface area (Å²) < 4.78 is 34.1. The summed E-state index contributed by atoms with van der Waals surface area (Å²) in [6.07, 6.45) is 1.53. The van der Waals surface area contributed by atoms with Crippen LogP contribution in [0.25, 0.3) is 11.4 Å². The molecule has 0 aliphatic carbocycles. The van der Waals surface area contributed by atoms with Crippen LogP contribution in [0.2, 0.25) is 0 Å². The molecule has 128 valence electrons. The second-order valence-electron chi connectivity index (χ2n) is 5.78. The minimum atomic E-state index is -2.46. The highest BCUT2D eigenvalue weighted by atomic mass is 16.5. The van der Waals surface area contributed by atoms with Crippen molar-refractivity contribution in [2.75, 3.05) is 6.61 Å². The molecule has 8 heteroatoms. The Morgan fingerprint density at radius 2 is 2.36 bits per heavy atom. The molecule has 3 aromatic rings. The SMILES string of the molecule is [2H]C([2H])([2H])c1nc(-c2ccc3c(c2)OC[C@H]3NC(=O)c2cnn(C)c2C)no1. The van der Waals surface area contributed by atoms with Gasteiger partial charge in [0.05, 0.1) is 17.8 Å². The topological polar surface area (TPSA) is 95.1 Å². The number of rotatable bonds is 3. The highest BCUT2D eigenvalue weighted by Crippen LogP contribution is 2.35. The van der Waals surface area contributed by atoms with Crippen LogP contribution in [-0.4, -0.2) is 32.4 Å². The van der Waals surface area contributed by atoms with Crippen LogP contribution in [0.3, 0.4) is 0 Å². The highest BCUT2D eigenvalue weighted by Gasteiger charge is 2.27. The number of aromatic nitrogens is 4. The van der Waals surface area contributed by atoms with Gasteiger partial charge in [0.15, 0.2) is 0 Å². The van der Waals surface area contributed by atoms with E-state index in [1.807, 2.05) is 6.92 Å². The van der Waals surface area contributed by atoms with Gasteiger partial charge in [-0.2, -0.15) is 10.1 Å². The Hall–Kier alpha value is -3.16. The third-order valence-corrected chi connectivity index (χ3v) is 4.26. The van der Waals surface area contributed by atoms with E-state index in [2.05, 4.69) is 20.6 Å². The summed E-state index contributed by atoms with van der Waals surface area (Å²) in [5.41, 5.74) is 2.66. The minimum absolute atomic E-state index is 0.163. The number of nitrogens with zero attached hydrogens (tertiary/aromatic N) is 4. The zero-order valence-corrected chi connectivity index (χ0v) is 13.6.